The first-order valence-corrected chi connectivity index (χ1v) is 5.66. The lowest BCUT2D eigenvalue weighted by molar-refractivity contribution is -0.110. The number of allylic oxidation sites excluding steroid dienone is 7. The monoisotopic (exact) mass is 222 g/mol. The van der Waals surface area contributed by atoms with Crippen molar-refractivity contribution in [2.75, 3.05) is 0 Å². The molecule has 1 nitrogen and oxygen atoms in total. The largest absolute Gasteiger partial charge is 0.290 e. The fourth-order valence-corrected chi connectivity index (χ4v) is 1.58. The Kier molecular flexibility index (Phi) is 3.87. The predicted octanol–water partition coefficient (Wildman–Crippen LogP) is 3.71. The van der Waals surface area contributed by atoms with Crippen LogP contribution in [0.15, 0.2) is 72.4 Å². The van der Waals surface area contributed by atoms with Gasteiger partial charge in [0.1, 0.15) is 0 Å². The van der Waals surface area contributed by atoms with Gasteiger partial charge in [-0.15, -0.1) is 0 Å². The Labute approximate surface area is 101 Å². The molecule has 0 aliphatic heterocycles. The summed E-state index contributed by atoms with van der Waals surface area (Å²) in [6.07, 6.45) is 14.0. The van der Waals surface area contributed by atoms with Crippen molar-refractivity contribution in [1.82, 2.24) is 0 Å². The van der Waals surface area contributed by atoms with Gasteiger partial charge in [-0.25, -0.2) is 0 Å². The topological polar surface area (TPSA) is 17.1 Å². The van der Waals surface area contributed by atoms with Crippen LogP contribution in [-0.4, -0.2) is 5.78 Å². The third-order valence-corrected chi connectivity index (χ3v) is 2.48. The van der Waals surface area contributed by atoms with E-state index in [0.29, 0.717) is 0 Å². The van der Waals surface area contributed by atoms with E-state index in [9.17, 15) is 4.79 Å². The van der Waals surface area contributed by atoms with Crippen LogP contribution in [0.4, 0.5) is 0 Å². The van der Waals surface area contributed by atoms with Crippen molar-refractivity contribution in [3.63, 3.8) is 0 Å². The van der Waals surface area contributed by atoms with Gasteiger partial charge in [0, 0.05) is 0 Å². The summed E-state index contributed by atoms with van der Waals surface area (Å²) < 4.78 is 0. The number of rotatable bonds is 4. The Balaban J connectivity index is 1.93. The minimum atomic E-state index is 0.00931. The fourth-order valence-electron chi connectivity index (χ4n) is 1.58. The maximum Gasteiger partial charge on any atom is 0.178 e. The van der Waals surface area contributed by atoms with Gasteiger partial charge in [-0.2, -0.15) is 0 Å². The molecular formula is C16H14O. The highest BCUT2D eigenvalue weighted by Crippen LogP contribution is 2.09. The summed E-state index contributed by atoms with van der Waals surface area (Å²) in [6.45, 7) is 0. The van der Waals surface area contributed by atoms with E-state index in [1.807, 2.05) is 48.6 Å². The molecule has 0 saturated heterocycles. The summed E-state index contributed by atoms with van der Waals surface area (Å²) >= 11 is 0. The second-order valence-corrected chi connectivity index (χ2v) is 3.82. The van der Waals surface area contributed by atoms with Crippen LogP contribution in [0.2, 0.25) is 0 Å². The molecule has 84 valence electrons. The molecule has 2 rings (SSSR count). The predicted molar refractivity (Wildman–Crippen MR) is 71.5 cm³/mol. The lowest BCUT2D eigenvalue weighted by Crippen LogP contribution is -1.84. The maximum atomic E-state index is 11.5. The molecule has 1 aromatic carbocycles. The van der Waals surface area contributed by atoms with Crippen molar-refractivity contribution < 1.29 is 4.79 Å². The molecule has 0 aromatic heterocycles. The van der Waals surface area contributed by atoms with Gasteiger partial charge in [0.15, 0.2) is 5.78 Å². The Bertz CT molecular complexity index is 502. The summed E-state index contributed by atoms with van der Waals surface area (Å²) in [7, 11) is 0. The molecule has 1 aliphatic carbocycles. The van der Waals surface area contributed by atoms with Crippen LogP contribution >= 0.6 is 0 Å². The molecule has 0 unspecified atom stereocenters. The molecule has 1 aliphatic rings. The molecule has 0 spiro atoms. The third-order valence-electron chi connectivity index (χ3n) is 2.48. The van der Waals surface area contributed by atoms with Crippen LogP contribution in [0, 0.1) is 0 Å². The van der Waals surface area contributed by atoms with Crippen molar-refractivity contribution in [1.29, 1.82) is 0 Å². The standard InChI is InChI=1S/C16H14O/c17-16(13-11-15-8-4-5-9-15)12-10-14-6-2-1-3-7-14/h1-4,6-13H,5H2/b12-10+,13-11+. The van der Waals surface area contributed by atoms with Gasteiger partial charge in [0.2, 0.25) is 0 Å². The Hall–Kier alpha value is -2.15. The molecule has 0 atom stereocenters. The number of ketones is 1. The first-order valence-electron chi connectivity index (χ1n) is 5.66. The van der Waals surface area contributed by atoms with Crippen LogP contribution in [0.3, 0.4) is 0 Å². The molecule has 1 heteroatoms. The smallest absolute Gasteiger partial charge is 0.178 e. The zero-order chi connectivity index (χ0) is 11.9. The zero-order valence-corrected chi connectivity index (χ0v) is 9.54. The van der Waals surface area contributed by atoms with Gasteiger partial charge in [0.25, 0.3) is 0 Å². The number of carbonyl (C=O) groups is 1. The van der Waals surface area contributed by atoms with Crippen LogP contribution < -0.4 is 0 Å². The quantitative estimate of drug-likeness (QED) is 0.710. The van der Waals surface area contributed by atoms with E-state index in [0.717, 1.165) is 17.6 Å². The van der Waals surface area contributed by atoms with Gasteiger partial charge in [-0.1, -0.05) is 60.7 Å². The first kappa shape index (κ1) is 11.3. The van der Waals surface area contributed by atoms with Crippen LogP contribution in [0.25, 0.3) is 6.08 Å². The van der Waals surface area contributed by atoms with E-state index >= 15 is 0 Å². The lowest BCUT2D eigenvalue weighted by atomic mass is 10.2. The molecule has 0 N–H and O–H groups in total. The second-order valence-electron chi connectivity index (χ2n) is 3.82. The van der Waals surface area contributed by atoms with Gasteiger partial charge >= 0.3 is 0 Å². The maximum absolute atomic E-state index is 11.5. The van der Waals surface area contributed by atoms with Crippen LogP contribution in [-0.2, 0) is 4.79 Å². The zero-order valence-electron chi connectivity index (χ0n) is 9.54. The van der Waals surface area contributed by atoms with Crippen molar-refractivity contribution in [2.45, 2.75) is 6.42 Å². The van der Waals surface area contributed by atoms with Gasteiger partial charge in [0.05, 0.1) is 0 Å². The van der Waals surface area contributed by atoms with Crippen molar-refractivity contribution in [2.24, 2.45) is 0 Å². The van der Waals surface area contributed by atoms with E-state index in [-0.39, 0.29) is 5.78 Å². The first-order chi connectivity index (χ1) is 8.34. The number of benzene rings is 1. The molecule has 1 aromatic rings. The van der Waals surface area contributed by atoms with Gasteiger partial charge in [-0.05, 0) is 29.7 Å². The average molecular weight is 222 g/mol. The normalized spacial score (nSPS) is 14.7. The van der Waals surface area contributed by atoms with E-state index in [1.165, 1.54) is 0 Å². The van der Waals surface area contributed by atoms with E-state index in [2.05, 4.69) is 12.2 Å². The molecule has 0 radical (unpaired) electrons. The minimum absolute atomic E-state index is 0.00931. The van der Waals surface area contributed by atoms with Crippen LogP contribution in [0.5, 0.6) is 0 Å². The van der Waals surface area contributed by atoms with E-state index < -0.39 is 0 Å². The molecule has 0 amide bonds. The second kappa shape index (κ2) is 5.80. The highest BCUT2D eigenvalue weighted by molar-refractivity contribution is 6.02. The van der Waals surface area contributed by atoms with Crippen molar-refractivity contribution >= 4 is 11.9 Å². The summed E-state index contributed by atoms with van der Waals surface area (Å²) in [5, 5.41) is 0. The average Bonchev–Trinajstić information content (AvgIpc) is 2.88. The molecule has 0 heterocycles. The Morgan fingerprint density at radius 1 is 1.06 bits per heavy atom. The number of hydrogen-bond donors (Lipinski definition) is 0. The van der Waals surface area contributed by atoms with Crippen molar-refractivity contribution in [3.05, 3.63) is 77.9 Å². The summed E-state index contributed by atoms with van der Waals surface area (Å²) in [5.41, 5.74) is 2.14. The van der Waals surface area contributed by atoms with Gasteiger partial charge in [-0.3, -0.25) is 4.79 Å². The van der Waals surface area contributed by atoms with Gasteiger partial charge < -0.3 is 0 Å². The van der Waals surface area contributed by atoms with E-state index in [1.54, 1.807) is 12.2 Å². The SMILES string of the molecule is O=C(/C=C/C1=CCC=C1)/C=C/c1ccccc1. The number of hydrogen-bond acceptors (Lipinski definition) is 1. The lowest BCUT2D eigenvalue weighted by Gasteiger charge is -1.90. The molecule has 0 bridgehead atoms. The molecule has 0 saturated carbocycles. The summed E-state index contributed by atoms with van der Waals surface area (Å²) in [4.78, 5) is 11.5. The third kappa shape index (κ3) is 3.72. The number of carbonyl (C=O) groups excluding carboxylic acids is 1. The molecule has 0 fully saturated rings. The fraction of sp³-hybridized carbons (Fsp3) is 0.0625. The minimum Gasteiger partial charge on any atom is -0.290 e. The van der Waals surface area contributed by atoms with Crippen LogP contribution in [0.1, 0.15) is 12.0 Å². The Morgan fingerprint density at radius 3 is 2.53 bits per heavy atom. The highest BCUT2D eigenvalue weighted by atomic mass is 16.1. The van der Waals surface area contributed by atoms with Crippen molar-refractivity contribution in [3.8, 4) is 0 Å². The summed E-state index contributed by atoms with van der Waals surface area (Å²) in [6, 6.07) is 9.80. The molecular weight excluding hydrogens is 208 g/mol. The molecule has 17 heavy (non-hydrogen) atoms. The highest BCUT2D eigenvalue weighted by Gasteiger charge is 1.94. The Morgan fingerprint density at radius 2 is 1.82 bits per heavy atom. The van der Waals surface area contributed by atoms with E-state index in [4.69, 9.17) is 0 Å². The summed E-state index contributed by atoms with van der Waals surface area (Å²) in [5.74, 6) is 0.00931.